The van der Waals surface area contributed by atoms with E-state index in [2.05, 4.69) is 15.2 Å². The summed E-state index contributed by atoms with van der Waals surface area (Å²) in [4.78, 5) is 5.53. The number of sulfonamides is 1. The Morgan fingerprint density at radius 1 is 1.55 bits per heavy atom. The van der Waals surface area contributed by atoms with Crippen LogP contribution < -0.4 is 5.32 Å². The molecule has 1 fully saturated rings. The predicted molar refractivity (Wildman–Crippen MR) is 79.0 cm³/mol. The lowest BCUT2D eigenvalue weighted by atomic mass is 10.1. The van der Waals surface area contributed by atoms with Crippen LogP contribution in [-0.2, 0) is 16.6 Å². The molecular formula is C13H24N4O2S. The van der Waals surface area contributed by atoms with Crippen LogP contribution in [0.5, 0.6) is 0 Å². The van der Waals surface area contributed by atoms with Crippen LogP contribution in [-0.4, -0.2) is 62.9 Å². The molecule has 0 saturated carbocycles. The SMILES string of the molecule is CNCc1cc(S(=O)(=O)N(C)C2CCCN(C)C2)c[nH]1. The van der Waals surface area contributed by atoms with Crippen LogP contribution >= 0.6 is 0 Å². The lowest BCUT2D eigenvalue weighted by Gasteiger charge is -2.34. The van der Waals surface area contributed by atoms with Gasteiger partial charge in [-0.1, -0.05) is 0 Å². The van der Waals surface area contributed by atoms with E-state index in [0.717, 1.165) is 31.6 Å². The van der Waals surface area contributed by atoms with Crippen LogP contribution in [0.15, 0.2) is 17.2 Å². The van der Waals surface area contributed by atoms with Crippen molar-refractivity contribution in [3.8, 4) is 0 Å². The van der Waals surface area contributed by atoms with Crippen molar-refractivity contribution in [1.82, 2.24) is 19.5 Å². The first-order valence-corrected chi connectivity index (χ1v) is 8.37. The second kappa shape index (κ2) is 6.26. The normalized spacial score (nSPS) is 21.5. The highest BCUT2D eigenvalue weighted by Crippen LogP contribution is 2.22. The van der Waals surface area contributed by atoms with Gasteiger partial charge in [0.05, 0.1) is 4.90 Å². The van der Waals surface area contributed by atoms with Crippen LogP contribution in [0.4, 0.5) is 0 Å². The maximum absolute atomic E-state index is 12.6. The number of piperidine rings is 1. The molecular weight excluding hydrogens is 276 g/mol. The second-order valence-electron chi connectivity index (χ2n) is 5.47. The van der Waals surface area contributed by atoms with Crippen molar-refractivity contribution >= 4 is 10.0 Å². The molecule has 0 radical (unpaired) electrons. The Labute approximate surface area is 121 Å². The largest absolute Gasteiger partial charge is 0.363 e. The zero-order valence-corrected chi connectivity index (χ0v) is 13.2. The van der Waals surface area contributed by atoms with E-state index in [1.165, 1.54) is 4.31 Å². The molecule has 6 nitrogen and oxygen atoms in total. The van der Waals surface area contributed by atoms with E-state index in [9.17, 15) is 8.42 Å². The van der Waals surface area contributed by atoms with Gasteiger partial charge in [0.1, 0.15) is 0 Å². The fraction of sp³-hybridized carbons (Fsp3) is 0.692. The van der Waals surface area contributed by atoms with Gasteiger partial charge in [-0.25, -0.2) is 8.42 Å². The van der Waals surface area contributed by atoms with Gasteiger partial charge in [-0.15, -0.1) is 0 Å². The highest BCUT2D eigenvalue weighted by Gasteiger charge is 2.31. The summed E-state index contributed by atoms with van der Waals surface area (Å²) >= 11 is 0. The van der Waals surface area contributed by atoms with Crippen molar-refractivity contribution in [2.24, 2.45) is 0 Å². The molecule has 0 bridgehead atoms. The van der Waals surface area contributed by atoms with Crippen LogP contribution in [0, 0.1) is 0 Å². The number of hydrogen-bond acceptors (Lipinski definition) is 4. The molecule has 0 aromatic carbocycles. The smallest absolute Gasteiger partial charge is 0.244 e. The molecule has 1 aliphatic heterocycles. The summed E-state index contributed by atoms with van der Waals surface area (Å²) < 4.78 is 26.8. The lowest BCUT2D eigenvalue weighted by molar-refractivity contribution is 0.187. The average Bonchev–Trinajstić information content (AvgIpc) is 2.87. The zero-order valence-electron chi connectivity index (χ0n) is 12.4. The van der Waals surface area contributed by atoms with E-state index in [1.54, 1.807) is 19.3 Å². The van der Waals surface area contributed by atoms with E-state index in [1.807, 2.05) is 14.1 Å². The van der Waals surface area contributed by atoms with Gasteiger partial charge in [-0.2, -0.15) is 4.31 Å². The highest BCUT2D eigenvalue weighted by atomic mass is 32.2. The first kappa shape index (κ1) is 15.5. The number of nitrogens with zero attached hydrogens (tertiary/aromatic N) is 2. The Kier molecular flexibility index (Phi) is 4.85. The van der Waals surface area contributed by atoms with Crippen LogP contribution in [0.1, 0.15) is 18.5 Å². The second-order valence-corrected chi connectivity index (χ2v) is 7.47. The molecule has 0 amide bonds. The summed E-state index contributed by atoms with van der Waals surface area (Å²) in [5.41, 5.74) is 0.875. The number of aromatic amines is 1. The standard InChI is InChI=1S/C13H24N4O2S/c1-14-8-11-7-13(9-15-11)20(18,19)17(3)12-5-4-6-16(2)10-12/h7,9,12,14-15H,4-6,8,10H2,1-3H3. The molecule has 0 spiro atoms. The maximum Gasteiger partial charge on any atom is 0.244 e. The van der Waals surface area contributed by atoms with Crippen LogP contribution in [0.25, 0.3) is 0 Å². The Hall–Kier alpha value is -0.890. The van der Waals surface area contributed by atoms with Gasteiger partial charge in [0.15, 0.2) is 0 Å². The average molecular weight is 300 g/mol. The molecule has 1 aliphatic rings. The van der Waals surface area contributed by atoms with Gasteiger partial charge < -0.3 is 15.2 Å². The molecule has 1 aromatic heterocycles. The minimum atomic E-state index is -3.41. The summed E-state index contributed by atoms with van der Waals surface area (Å²) in [5, 5.41) is 3.00. The molecule has 1 unspecified atom stereocenters. The molecule has 1 aromatic rings. The van der Waals surface area contributed by atoms with Crippen LogP contribution in [0.2, 0.25) is 0 Å². The van der Waals surface area contributed by atoms with Crippen molar-refractivity contribution in [3.05, 3.63) is 18.0 Å². The Bertz CT molecular complexity index is 540. The monoisotopic (exact) mass is 300 g/mol. The number of likely N-dealkylation sites (N-methyl/N-ethyl adjacent to an activating group) is 2. The third-order valence-electron chi connectivity index (χ3n) is 3.87. The van der Waals surface area contributed by atoms with Crippen molar-refractivity contribution < 1.29 is 8.42 Å². The molecule has 2 heterocycles. The zero-order chi connectivity index (χ0) is 14.8. The van der Waals surface area contributed by atoms with Gasteiger partial charge >= 0.3 is 0 Å². The Morgan fingerprint density at radius 2 is 2.30 bits per heavy atom. The van der Waals surface area contributed by atoms with Crippen molar-refractivity contribution in [3.63, 3.8) is 0 Å². The van der Waals surface area contributed by atoms with E-state index >= 15 is 0 Å². The minimum Gasteiger partial charge on any atom is -0.363 e. The number of nitrogens with one attached hydrogen (secondary N) is 2. The fourth-order valence-electron chi connectivity index (χ4n) is 2.66. The number of H-pyrrole nitrogens is 1. The van der Waals surface area contributed by atoms with Gasteiger partial charge in [0.25, 0.3) is 0 Å². The number of rotatable bonds is 5. The van der Waals surface area contributed by atoms with E-state index in [4.69, 9.17) is 0 Å². The van der Waals surface area contributed by atoms with Crippen molar-refractivity contribution in [2.75, 3.05) is 34.2 Å². The van der Waals surface area contributed by atoms with Gasteiger partial charge in [0.2, 0.25) is 10.0 Å². The van der Waals surface area contributed by atoms with Crippen molar-refractivity contribution in [1.29, 1.82) is 0 Å². The fourth-order valence-corrected chi connectivity index (χ4v) is 4.05. The van der Waals surface area contributed by atoms with Gasteiger partial charge in [0, 0.05) is 38.1 Å². The summed E-state index contributed by atoms with van der Waals surface area (Å²) in [6, 6.07) is 1.76. The van der Waals surface area contributed by atoms with E-state index in [-0.39, 0.29) is 6.04 Å². The Balaban J connectivity index is 2.15. The minimum absolute atomic E-state index is 0.0569. The first-order chi connectivity index (χ1) is 9.45. The van der Waals surface area contributed by atoms with Crippen molar-refractivity contribution in [2.45, 2.75) is 30.3 Å². The maximum atomic E-state index is 12.6. The molecule has 0 aliphatic carbocycles. The highest BCUT2D eigenvalue weighted by molar-refractivity contribution is 7.89. The third-order valence-corrected chi connectivity index (χ3v) is 5.76. The topological polar surface area (TPSA) is 68.4 Å². The Morgan fingerprint density at radius 3 is 2.95 bits per heavy atom. The quantitative estimate of drug-likeness (QED) is 0.828. The number of likely N-dealkylation sites (tertiary alicyclic amines) is 1. The van der Waals surface area contributed by atoms with Gasteiger partial charge in [-0.05, 0) is 39.5 Å². The van der Waals surface area contributed by atoms with Gasteiger partial charge in [-0.3, -0.25) is 0 Å². The lowest BCUT2D eigenvalue weighted by Crippen LogP contribution is -2.47. The molecule has 114 valence electrons. The first-order valence-electron chi connectivity index (χ1n) is 6.93. The molecule has 2 rings (SSSR count). The van der Waals surface area contributed by atoms with E-state index in [0.29, 0.717) is 11.4 Å². The number of hydrogen-bond donors (Lipinski definition) is 2. The summed E-state index contributed by atoms with van der Waals surface area (Å²) in [7, 11) is 2.14. The third kappa shape index (κ3) is 3.22. The molecule has 1 atom stereocenters. The summed E-state index contributed by atoms with van der Waals surface area (Å²) in [6.45, 7) is 2.47. The van der Waals surface area contributed by atoms with E-state index < -0.39 is 10.0 Å². The molecule has 1 saturated heterocycles. The summed E-state index contributed by atoms with van der Waals surface area (Å²) in [6.07, 6.45) is 3.54. The predicted octanol–water partition coefficient (Wildman–Crippen LogP) is 0.449. The molecule has 2 N–H and O–H groups in total. The summed E-state index contributed by atoms with van der Waals surface area (Å²) in [5.74, 6) is 0. The molecule has 20 heavy (non-hydrogen) atoms. The van der Waals surface area contributed by atoms with Crippen LogP contribution in [0.3, 0.4) is 0 Å². The molecule has 7 heteroatoms. The number of aromatic nitrogens is 1.